The van der Waals surface area contributed by atoms with Crippen molar-refractivity contribution in [2.24, 2.45) is 0 Å². The molecule has 0 fully saturated rings. The van der Waals surface area contributed by atoms with E-state index in [1.165, 1.54) is 0 Å². The average Bonchev–Trinajstić information content (AvgIpc) is 2.24. The van der Waals surface area contributed by atoms with Crippen molar-refractivity contribution in [3.05, 3.63) is 18.3 Å². The van der Waals surface area contributed by atoms with E-state index in [-0.39, 0.29) is 6.61 Å². The van der Waals surface area contributed by atoms with Gasteiger partial charge in [-0.1, -0.05) is 13.3 Å². The number of aliphatic hydroxyl groups is 1. The molecule has 0 atom stereocenters. The molecule has 0 saturated carbocycles. The van der Waals surface area contributed by atoms with Gasteiger partial charge in [-0.15, -0.1) is 0 Å². The van der Waals surface area contributed by atoms with Gasteiger partial charge in [0, 0.05) is 31.0 Å². The van der Waals surface area contributed by atoms with Crippen LogP contribution in [0.2, 0.25) is 0 Å². The van der Waals surface area contributed by atoms with E-state index < -0.39 is 0 Å². The SMILES string of the molecule is CCCCN(CCO)c1cc(N)ccn1. The van der Waals surface area contributed by atoms with Crippen molar-refractivity contribution < 1.29 is 5.11 Å². The Morgan fingerprint density at radius 3 is 2.87 bits per heavy atom. The zero-order chi connectivity index (χ0) is 11.1. The Morgan fingerprint density at radius 1 is 1.47 bits per heavy atom. The number of nitrogens with zero attached hydrogens (tertiary/aromatic N) is 2. The third-order valence-electron chi connectivity index (χ3n) is 2.25. The number of nitrogens with two attached hydrogens (primary N) is 1. The lowest BCUT2D eigenvalue weighted by Gasteiger charge is -2.22. The summed E-state index contributed by atoms with van der Waals surface area (Å²) in [6.07, 6.45) is 3.92. The number of unbranched alkanes of at least 4 members (excludes halogenated alkanes) is 1. The van der Waals surface area contributed by atoms with Gasteiger partial charge >= 0.3 is 0 Å². The molecule has 1 aromatic heterocycles. The van der Waals surface area contributed by atoms with Crippen LogP contribution in [0.15, 0.2) is 18.3 Å². The van der Waals surface area contributed by atoms with Gasteiger partial charge in [-0.25, -0.2) is 4.98 Å². The van der Waals surface area contributed by atoms with E-state index in [9.17, 15) is 0 Å². The predicted molar refractivity (Wildman–Crippen MR) is 62.9 cm³/mol. The molecule has 0 aliphatic rings. The van der Waals surface area contributed by atoms with E-state index in [1.807, 2.05) is 6.07 Å². The maximum Gasteiger partial charge on any atom is 0.130 e. The van der Waals surface area contributed by atoms with Crippen molar-refractivity contribution in [1.82, 2.24) is 4.98 Å². The number of hydrogen-bond acceptors (Lipinski definition) is 4. The van der Waals surface area contributed by atoms with Crippen LogP contribution in [-0.4, -0.2) is 29.8 Å². The molecule has 0 radical (unpaired) electrons. The second-order valence-electron chi connectivity index (χ2n) is 3.51. The Hall–Kier alpha value is -1.29. The van der Waals surface area contributed by atoms with Gasteiger partial charge in [0.1, 0.15) is 5.82 Å². The number of anilines is 2. The van der Waals surface area contributed by atoms with E-state index in [0.29, 0.717) is 12.2 Å². The summed E-state index contributed by atoms with van der Waals surface area (Å²) in [5.74, 6) is 0.845. The van der Waals surface area contributed by atoms with Gasteiger partial charge in [0.05, 0.1) is 6.61 Å². The summed E-state index contributed by atoms with van der Waals surface area (Å²) in [5, 5.41) is 8.97. The first-order valence-corrected chi connectivity index (χ1v) is 5.35. The van der Waals surface area contributed by atoms with Crippen LogP contribution in [0.5, 0.6) is 0 Å². The summed E-state index contributed by atoms with van der Waals surface area (Å²) in [6, 6.07) is 3.60. The molecule has 0 bridgehead atoms. The third kappa shape index (κ3) is 3.75. The first-order chi connectivity index (χ1) is 7.27. The van der Waals surface area contributed by atoms with Crippen LogP contribution < -0.4 is 10.6 Å². The van der Waals surface area contributed by atoms with Crippen molar-refractivity contribution in [3.63, 3.8) is 0 Å². The lowest BCUT2D eigenvalue weighted by Crippen LogP contribution is -2.28. The highest BCUT2D eigenvalue weighted by atomic mass is 16.3. The van der Waals surface area contributed by atoms with Crippen LogP contribution in [0, 0.1) is 0 Å². The van der Waals surface area contributed by atoms with E-state index >= 15 is 0 Å². The second kappa shape index (κ2) is 6.24. The van der Waals surface area contributed by atoms with Gasteiger partial charge in [-0.2, -0.15) is 0 Å². The number of aliphatic hydroxyl groups excluding tert-OH is 1. The Bertz CT molecular complexity index is 291. The maximum absolute atomic E-state index is 8.97. The summed E-state index contributed by atoms with van der Waals surface area (Å²) in [4.78, 5) is 6.30. The van der Waals surface area contributed by atoms with Crippen molar-refractivity contribution >= 4 is 11.5 Å². The van der Waals surface area contributed by atoms with Crippen LogP contribution in [0.25, 0.3) is 0 Å². The minimum absolute atomic E-state index is 0.139. The molecule has 3 N–H and O–H groups in total. The Balaban J connectivity index is 2.69. The topological polar surface area (TPSA) is 62.4 Å². The molecule has 84 valence electrons. The summed E-state index contributed by atoms with van der Waals surface area (Å²) in [5.41, 5.74) is 6.40. The summed E-state index contributed by atoms with van der Waals surface area (Å²) < 4.78 is 0. The van der Waals surface area contributed by atoms with Gasteiger partial charge in [0.2, 0.25) is 0 Å². The van der Waals surface area contributed by atoms with Gasteiger partial charge in [0.15, 0.2) is 0 Å². The van der Waals surface area contributed by atoms with E-state index in [0.717, 1.165) is 25.2 Å². The number of rotatable bonds is 6. The molecular formula is C11H19N3O. The average molecular weight is 209 g/mol. The maximum atomic E-state index is 8.97. The minimum Gasteiger partial charge on any atom is -0.399 e. The summed E-state index contributed by atoms with van der Waals surface area (Å²) in [7, 11) is 0. The Labute approximate surface area is 90.7 Å². The lowest BCUT2D eigenvalue weighted by atomic mass is 10.3. The highest BCUT2D eigenvalue weighted by Crippen LogP contribution is 2.14. The van der Waals surface area contributed by atoms with E-state index in [1.54, 1.807) is 12.3 Å². The fourth-order valence-electron chi connectivity index (χ4n) is 1.42. The normalized spacial score (nSPS) is 10.3. The first-order valence-electron chi connectivity index (χ1n) is 5.35. The van der Waals surface area contributed by atoms with Crippen LogP contribution in [0.4, 0.5) is 11.5 Å². The highest BCUT2D eigenvalue weighted by molar-refractivity contribution is 5.50. The standard InChI is InChI=1S/C11H19N3O/c1-2-3-6-14(7-8-15)11-9-10(12)4-5-13-11/h4-5,9,15H,2-3,6-8H2,1H3,(H2,12,13). The zero-order valence-electron chi connectivity index (χ0n) is 9.19. The van der Waals surface area contributed by atoms with Crippen molar-refractivity contribution in [1.29, 1.82) is 0 Å². The molecule has 1 heterocycles. The molecule has 1 rings (SSSR count). The van der Waals surface area contributed by atoms with Gasteiger partial charge in [-0.3, -0.25) is 0 Å². The fraction of sp³-hybridized carbons (Fsp3) is 0.545. The molecule has 4 nitrogen and oxygen atoms in total. The summed E-state index contributed by atoms with van der Waals surface area (Å²) >= 11 is 0. The molecule has 4 heteroatoms. The largest absolute Gasteiger partial charge is 0.399 e. The first kappa shape index (κ1) is 11.8. The van der Waals surface area contributed by atoms with Crippen molar-refractivity contribution in [3.8, 4) is 0 Å². The van der Waals surface area contributed by atoms with Gasteiger partial charge < -0.3 is 15.7 Å². The molecule has 0 aromatic carbocycles. The molecule has 0 unspecified atom stereocenters. The fourth-order valence-corrected chi connectivity index (χ4v) is 1.42. The smallest absolute Gasteiger partial charge is 0.130 e. The van der Waals surface area contributed by atoms with Crippen LogP contribution >= 0.6 is 0 Å². The second-order valence-corrected chi connectivity index (χ2v) is 3.51. The molecule has 0 saturated heterocycles. The van der Waals surface area contributed by atoms with Crippen LogP contribution in [0.1, 0.15) is 19.8 Å². The van der Waals surface area contributed by atoms with E-state index in [2.05, 4.69) is 16.8 Å². The van der Waals surface area contributed by atoms with Gasteiger partial charge in [0.25, 0.3) is 0 Å². The number of pyridine rings is 1. The number of hydrogen-bond donors (Lipinski definition) is 2. The molecular weight excluding hydrogens is 190 g/mol. The molecule has 0 aliphatic heterocycles. The third-order valence-corrected chi connectivity index (χ3v) is 2.25. The minimum atomic E-state index is 0.139. The van der Waals surface area contributed by atoms with Crippen molar-refractivity contribution in [2.45, 2.75) is 19.8 Å². The summed E-state index contributed by atoms with van der Waals surface area (Å²) in [6.45, 7) is 3.80. The molecule has 0 amide bonds. The monoisotopic (exact) mass is 209 g/mol. The highest BCUT2D eigenvalue weighted by Gasteiger charge is 2.06. The molecule has 1 aromatic rings. The zero-order valence-corrected chi connectivity index (χ0v) is 9.19. The van der Waals surface area contributed by atoms with E-state index in [4.69, 9.17) is 10.8 Å². The Morgan fingerprint density at radius 2 is 2.27 bits per heavy atom. The molecule has 0 spiro atoms. The number of aromatic nitrogens is 1. The lowest BCUT2D eigenvalue weighted by molar-refractivity contribution is 0.301. The number of nitrogen functional groups attached to an aromatic ring is 1. The van der Waals surface area contributed by atoms with Crippen LogP contribution in [-0.2, 0) is 0 Å². The molecule has 0 aliphatic carbocycles. The quantitative estimate of drug-likeness (QED) is 0.740. The van der Waals surface area contributed by atoms with Crippen LogP contribution in [0.3, 0.4) is 0 Å². The van der Waals surface area contributed by atoms with Crippen molar-refractivity contribution in [2.75, 3.05) is 30.3 Å². The van der Waals surface area contributed by atoms with Gasteiger partial charge in [-0.05, 0) is 12.5 Å². The Kier molecular flexibility index (Phi) is 4.90. The molecule has 15 heavy (non-hydrogen) atoms. The predicted octanol–water partition coefficient (Wildman–Crippen LogP) is 1.26.